The first kappa shape index (κ1) is 15.7. The molecule has 1 saturated heterocycles. The third-order valence-electron chi connectivity index (χ3n) is 5.01. The number of thioether (sulfide) groups is 1. The van der Waals surface area contributed by atoms with E-state index in [2.05, 4.69) is 23.4 Å². The molecule has 1 N–H and O–H groups in total. The van der Waals surface area contributed by atoms with Crippen LogP contribution in [0.3, 0.4) is 0 Å². The zero-order valence-corrected chi connectivity index (χ0v) is 13.7. The molecule has 1 aliphatic carbocycles. The second-order valence-electron chi connectivity index (χ2n) is 6.59. The zero-order chi connectivity index (χ0) is 13.6. The molecule has 2 nitrogen and oxygen atoms in total. The molecule has 1 aliphatic heterocycles. The molecule has 2 aliphatic rings. The van der Waals surface area contributed by atoms with Crippen LogP contribution in [0, 0.1) is 0 Å². The van der Waals surface area contributed by atoms with E-state index in [1.54, 1.807) is 0 Å². The summed E-state index contributed by atoms with van der Waals surface area (Å²) < 4.78 is 0. The first-order valence-corrected chi connectivity index (χ1v) is 9.63. The number of hydrogen-bond donors (Lipinski definition) is 1. The molecule has 3 heteroatoms. The normalized spacial score (nSPS) is 27.8. The first-order valence-electron chi connectivity index (χ1n) is 8.24. The molecule has 2 fully saturated rings. The standard InChI is InChI=1S/C16H32N2S/c1-15-13-17-16(9-5-3-6-10-16)14-18(15)11-7-4-8-12-19-2/h15,17H,3-14H2,1-2H3. The van der Waals surface area contributed by atoms with Crippen LogP contribution in [0.2, 0.25) is 0 Å². The third kappa shape index (κ3) is 4.64. The van der Waals surface area contributed by atoms with Crippen LogP contribution < -0.4 is 5.32 Å². The van der Waals surface area contributed by atoms with Crippen LogP contribution in [0.1, 0.15) is 58.3 Å². The van der Waals surface area contributed by atoms with Gasteiger partial charge in [-0.2, -0.15) is 11.8 Å². The largest absolute Gasteiger partial charge is 0.308 e. The van der Waals surface area contributed by atoms with Gasteiger partial charge in [-0.1, -0.05) is 25.7 Å². The minimum atomic E-state index is 0.476. The van der Waals surface area contributed by atoms with Crippen molar-refractivity contribution in [3.63, 3.8) is 0 Å². The Bertz CT molecular complexity index is 251. The number of nitrogens with zero attached hydrogens (tertiary/aromatic N) is 1. The number of rotatable bonds is 6. The first-order chi connectivity index (χ1) is 9.26. The van der Waals surface area contributed by atoms with Crippen LogP contribution in [0.5, 0.6) is 0 Å². The maximum atomic E-state index is 3.88. The summed E-state index contributed by atoms with van der Waals surface area (Å²) in [4.78, 5) is 2.76. The van der Waals surface area contributed by atoms with Crippen LogP contribution in [0.25, 0.3) is 0 Å². The van der Waals surface area contributed by atoms with Gasteiger partial charge in [0.2, 0.25) is 0 Å². The molecule has 112 valence electrons. The summed E-state index contributed by atoms with van der Waals surface area (Å²) in [6.45, 7) is 6.21. The van der Waals surface area contributed by atoms with Crippen molar-refractivity contribution in [1.82, 2.24) is 10.2 Å². The van der Waals surface area contributed by atoms with Gasteiger partial charge in [-0.15, -0.1) is 0 Å². The zero-order valence-electron chi connectivity index (χ0n) is 12.9. The van der Waals surface area contributed by atoms with E-state index in [0.29, 0.717) is 5.54 Å². The highest BCUT2D eigenvalue weighted by atomic mass is 32.2. The highest BCUT2D eigenvalue weighted by Crippen LogP contribution is 2.31. The van der Waals surface area contributed by atoms with E-state index < -0.39 is 0 Å². The SMILES string of the molecule is CSCCCCCN1CC2(CCCCC2)NCC1C. The Labute approximate surface area is 124 Å². The van der Waals surface area contributed by atoms with E-state index in [9.17, 15) is 0 Å². The van der Waals surface area contributed by atoms with E-state index in [0.717, 1.165) is 6.04 Å². The molecule has 0 aromatic carbocycles. The third-order valence-corrected chi connectivity index (χ3v) is 5.70. The van der Waals surface area contributed by atoms with Crippen molar-refractivity contribution in [3.05, 3.63) is 0 Å². The van der Waals surface area contributed by atoms with Crippen LogP contribution in [-0.2, 0) is 0 Å². The Morgan fingerprint density at radius 2 is 1.95 bits per heavy atom. The maximum absolute atomic E-state index is 3.88. The lowest BCUT2D eigenvalue weighted by molar-refractivity contribution is 0.0617. The van der Waals surface area contributed by atoms with Crippen molar-refractivity contribution in [2.75, 3.05) is 31.6 Å². The molecule has 0 bridgehead atoms. The minimum Gasteiger partial charge on any atom is -0.308 e. The number of piperazine rings is 1. The quantitative estimate of drug-likeness (QED) is 0.751. The summed E-state index contributed by atoms with van der Waals surface area (Å²) in [6.07, 6.45) is 13.5. The van der Waals surface area contributed by atoms with E-state index in [-0.39, 0.29) is 0 Å². The van der Waals surface area contributed by atoms with Crippen molar-refractivity contribution in [2.24, 2.45) is 0 Å². The highest BCUT2D eigenvalue weighted by molar-refractivity contribution is 7.98. The molecule has 2 rings (SSSR count). The average Bonchev–Trinajstić information content (AvgIpc) is 2.44. The highest BCUT2D eigenvalue weighted by Gasteiger charge is 2.38. The summed E-state index contributed by atoms with van der Waals surface area (Å²) in [5.41, 5.74) is 0.476. The lowest BCUT2D eigenvalue weighted by atomic mass is 9.79. The number of unbranched alkanes of at least 4 members (excludes halogenated alkanes) is 2. The minimum absolute atomic E-state index is 0.476. The van der Waals surface area contributed by atoms with Gasteiger partial charge in [0.25, 0.3) is 0 Å². The molecular weight excluding hydrogens is 252 g/mol. The smallest absolute Gasteiger partial charge is 0.0309 e. The van der Waals surface area contributed by atoms with Gasteiger partial charge in [-0.05, 0) is 51.2 Å². The molecule has 0 aromatic rings. The topological polar surface area (TPSA) is 15.3 Å². The van der Waals surface area contributed by atoms with Gasteiger partial charge in [-0.3, -0.25) is 4.90 Å². The van der Waals surface area contributed by atoms with E-state index in [4.69, 9.17) is 0 Å². The summed E-state index contributed by atoms with van der Waals surface area (Å²) in [7, 11) is 0. The van der Waals surface area contributed by atoms with E-state index in [1.807, 2.05) is 11.8 Å². The fourth-order valence-corrected chi connectivity index (χ4v) is 4.19. The Balaban J connectivity index is 1.74. The molecule has 1 spiro atoms. The van der Waals surface area contributed by atoms with Gasteiger partial charge in [0, 0.05) is 24.7 Å². The van der Waals surface area contributed by atoms with Crippen LogP contribution >= 0.6 is 11.8 Å². The van der Waals surface area contributed by atoms with Crippen molar-refractivity contribution in [1.29, 1.82) is 0 Å². The van der Waals surface area contributed by atoms with E-state index >= 15 is 0 Å². The summed E-state index contributed by atoms with van der Waals surface area (Å²) in [5, 5.41) is 3.88. The van der Waals surface area contributed by atoms with Gasteiger partial charge >= 0.3 is 0 Å². The molecule has 0 aromatic heterocycles. The second-order valence-corrected chi connectivity index (χ2v) is 7.58. The Hall–Kier alpha value is 0.270. The lowest BCUT2D eigenvalue weighted by Gasteiger charge is -2.49. The van der Waals surface area contributed by atoms with Crippen LogP contribution in [0.4, 0.5) is 0 Å². The molecule has 1 heterocycles. The molecule has 1 unspecified atom stereocenters. The number of nitrogens with one attached hydrogen (secondary N) is 1. The summed E-state index contributed by atoms with van der Waals surface area (Å²) in [5.74, 6) is 1.33. The molecular formula is C16H32N2S. The fraction of sp³-hybridized carbons (Fsp3) is 1.00. The lowest BCUT2D eigenvalue weighted by Crippen LogP contribution is -2.64. The Kier molecular flexibility index (Phi) is 6.51. The Morgan fingerprint density at radius 3 is 2.68 bits per heavy atom. The molecule has 0 radical (unpaired) electrons. The monoisotopic (exact) mass is 284 g/mol. The van der Waals surface area contributed by atoms with Crippen molar-refractivity contribution >= 4 is 11.8 Å². The van der Waals surface area contributed by atoms with Crippen LogP contribution in [0.15, 0.2) is 0 Å². The van der Waals surface area contributed by atoms with Gasteiger partial charge in [-0.25, -0.2) is 0 Å². The Morgan fingerprint density at radius 1 is 1.16 bits per heavy atom. The van der Waals surface area contributed by atoms with Gasteiger partial charge in [0.1, 0.15) is 0 Å². The van der Waals surface area contributed by atoms with E-state index in [1.165, 1.54) is 76.8 Å². The summed E-state index contributed by atoms with van der Waals surface area (Å²) in [6, 6.07) is 0.730. The molecule has 0 amide bonds. The fourth-order valence-electron chi connectivity index (χ4n) is 3.69. The van der Waals surface area contributed by atoms with Crippen molar-refractivity contribution < 1.29 is 0 Å². The predicted molar refractivity (Wildman–Crippen MR) is 87.1 cm³/mol. The maximum Gasteiger partial charge on any atom is 0.0309 e. The van der Waals surface area contributed by atoms with Crippen LogP contribution in [-0.4, -0.2) is 48.1 Å². The molecule has 19 heavy (non-hydrogen) atoms. The predicted octanol–water partition coefficient (Wildman–Crippen LogP) is 3.52. The van der Waals surface area contributed by atoms with Crippen molar-refractivity contribution in [2.45, 2.75) is 69.9 Å². The molecule has 1 atom stereocenters. The van der Waals surface area contributed by atoms with Crippen molar-refractivity contribution in [3.8, 4) is 0 Å². The average molecular weight is 285 g/mol. The summed E-state index contributed by atoms with van der Waals surface area (Å²) >= 11 is 1.98. The second kappa shape index (κ2) is 7.90. The van der Waals surface area contributed by atoms with Gasteiger partial charge in [0.15, 0.2) is 0 Å². The van der Waals surface area contributed by atoms with Gasteiger partial charge in [0.05, 0.1) is 0 Å². The number of hydrogen-bond acceptors (Lipinski definition) is 3. The molecule has 1 saturated carbocycles. The van der Waals surface area contributed by atoms with Gasteiger partial charge < -0.3 is 5.32 Å².